The molecule has 14 heavy (non-hydrogen) atoms. The van der Waals surface area contributed by atoms with Gasteiger partial charge in [0.2, 0.25) is 0 Å². The fourth-order valence-electron chi connectivity index (χ4n) is 1.57. The van der Waals surface area contributed by atoms with Crippen LogP contribution in [0, 0.1) is 6.92 Å². The summed E-state index contributed by atoms with van der Waals surface area (Å²) in [6, 6.07) is 8.13. The van der Waals surface area contributed by atoms with Crippen molar-refractivity contribution in [2.45, 2.75) is 13.5 Å². The van der Waals surface area contributed by atoms with Gasteiger partial charge in [0.05, 0.1) is 17.6 Å². The molecule has 1 aromatic heterocycles. The second kappa shape index (κ2) is 3.58. The summed E-state index contributed by atoms with van der Waals surface area (Å²) in [7, 11) is 0. The van der Waals surface area contributed by atoms with Crippen molar-refractivity contribution in [2.24, 2.45) is 0 Å². The third-order valence-corrected chi connectivity index (χ3v) is 2.43. The molecule has 0 amide bonds. The number of fused-ring (bicyclic) bond motifs is 1. The van der Waals surface area contributed by atoms with Crippen LogP contribution in [0.4, 0.5) is 0 Å². The van der Waals surface area contributed by atoms with Gasteiger partial charge in [-0.05, 0) is 19.1 Å². The van der Waals surface area contributed by atoms with Gasteiger partial charge in [0.25, 0.3) is 0 Å². The second-order valence-electron chi connectivity index (χ2n) is 3.25. The maximum atomic E-state index is 4.47. The normalized spacial score (nSPS) is 10.7. The molecule has 0 aliphatic carbocycles. The minimum absolute atomic E-state index is 0.770. The molecular formula is C11H11BrN2. The highest BCUT2D eigenvalue weighted by atomic mass is 79.9. The van der Waals surface area contributed by atoms with E-state index in [2.05, 4.69) is 38.1 Å². The lowest BCUT2D eigenvalue weighted by Gasteiger charge is -2.04. The number of hydrogen-bond acceptors (Lipinski definition) is 1. The van der Waals surface area contributed by atoms with Crippen molar-refractivity contribution >= 4 is 27.0 Å². The fraction of sp³-hybridized carbons (Fsp3) is 0.182. The van der Waals surface area contributed by atoms with Crippen molar-refractivity contribution in [3.63, 3.8) is 0 Å². The van der Waals surface area contributed by atoms with E-state index in [-0.39, 0.29) is 0 Å². The van der Waals surface area contributed by atoms with Gasteiger partial charge < -0.3 is 4.57 Å². The highest BCUT2D eigenvalue weighted by Crippen LogP contribution is 2.17. The molecular weight excluding hydrogens is 240 g/mol. The largest absolute Gasteiger partial charge is 0.323 e. The maximum Gasteiger partial charge on any atom is 0.107 e. The zero-order valence-electron chi connectivity index (χ0n) is 8.00. The summed E-state index contributed by atoms with van der Waals surface area (Å²) in [4.78, 5) is 4.47. The van der Waals surface area contributed by atoms with Gasteiger partial charge in [-0.2, -0.15) is 0 Å². The van der Waals surface area contributed by atoms with Crippen molar-refractivity contribution in [3.8, 4) is 0 Å². The summed E-state index contributed by atoms with van der Waals surface area (Å²) in [5.74, 6) is 1.02. The highest BCUT2D eigenvalue weighted by molar-refractivity contribution is 9.11. The fourth-order valence-corrected chi connectivity index (χ4v) is 1.82. The number of hydrogen-bond donors (Lipinski definition) is 0. The van der Waals surface area contributed by atoms with E-state index in [1.54, 1.807) is 0 Å². The van der Waals surface area contributed by atoms with Crippen molar-refractivity contribution in [1.82, 2.24) is 9.55 Å². The number of aromatic nitrogens is 2. The first kappa shape index (κ1) is 9.46. The van der Waals surface area contributed by atoms with Gasteiger partial charge in [0.15, 0.2) is 0 Å². The van der Waals surface area contributed by atoms with E-state index in [0.29, 0.717) is 0 Å². The maximum absolute atomic E-state index is 4.47. The van der Waals surface area contributed by atoms with Gasteiger partial charge in [-0.1, -0.05) is 34.6 Å². The third-order valence-electron chi connectivity index (χ3n) is 2.18. The Hall–Kier alpha value is -1.09. The first-order valence-corrected chi connectivity index (χ1v) is 5.23. The average Bonchev–Trinajstić information content (AvgIpc) is 2.43. The number of imidazole rings is 1. The Labute approximate surface area is 91.4 Å². The number of benzene rings is 1. The van der Waals surface area contributed by atoms with Crippen LogP contribution in [0.2, 0.25) is 0 Å². The SMILES string of the molecule is C=C(Br)Cn1c(C)nc2ccccc21. The molecule has 0 bridgehead atoms. The molecule has 1 aromatic carbocycles. The molecule has 0 saturated heterocycles. The van der Waals surface area contributed by atoms with E-state index < -0.39 is 0 Å². The van der Waals surface area contributed by atoms with Crippen molar-refractivity contribution in [1.29, 1.82) is 0 Å². The minimum atomic E-state index is 0.770. The van der Waals surface area contributed by atoms with Crippen LogP contribution in [0.25, 0.3) is 11.0 Å². The van der Waals surface area contributed by atoms with Crippen LogP contribution in [-0.2, 0) is 6.54 Å². The van der Waals surface area contributed by atoms with Gasteiger partial charge in [0.1, 0.15) is 5.82 Å². The van der Waals surface area contributed by atoms with Crippen molar-refractivity contribution in [2.75, 3.05) is 0 Å². The molecule has 0 spiro atoms. The van der Waals surface area contributed by atoms with Crippen LogP contribution in [0.15, 0.2) is 35.3 Å². The minimum Gasteiger partial charge on any atom is -0.323 e. The number of para-hydroxylation sites is 2. The first-order valence-electron chi connectivity index (χ1n) is 4.43. The molecule has 2 aromatic rings. The molecule has 0 N–H and O–H groups in total. The van der Waals surface area contributed by atoms with E-state index in [1.165, 1.54) is 0 Å². The average molecular weight is 251 g/mol. The lowest BCUT2D eigenvalue weighted by atomic mass is 10.3. The molecule has 0 aliphatic heterocycles. The van der Waals surface area contributed by atoms with Crippen LogP contribution in [0.5, 0.6) is 0 Å². The van der Waals surface area contributed by atoms with Gasteiger partial charge in [-0.3, -0.25) is 0 Å². The predicted octanol–water partition coefficient (Wildman–Crippen LogP) is 3.25. The van der Waals surface area contributed by atoms with Gasteiger partial charge >= 0.3 is 0 Å². The number of halogens is 1. The monoisotopic (exact) mass is 250 g/mol. The summed E-state index contributed by atoms with van der Waals surface area (Å²) < 4.78 is 3.11. The lowest BCUT2D eigenvalue weighted by Crippen LogP contribution is -1.99. The summed E-state index contributed by atoms with van der Waals surface area (Å²) in [5.41, 5.74) is 2.20. The first-order chi connectivity index (χ1) is 6.68. The Morgan fingerprint density at radius 3 is 2.93 bits per heavy atom. The molecule has 72 valence electrons. The Bertz CT molecular complexity index is 485. The predicted molar refractivity (Wildman–Crippen MR) is 62.5 cm³/mol. The second-order valence-corrected chi connectivity index (χ2v) is 4.37. The molecule has 0 unspecified atom stereocenters. The summed E-state index contributed by atoms with van der Waals surface area (Å²) in [6.07, 6.45) is 0. The number of aryl methyl sites for hydroxylation is 1. The topological polar surface area (TPSA) is 17.8 Å². The molecule has 1 heterocycles. The summed E-state index contributed by atoms with van der Waals surface area (Å²) in [6.45, 7) is 6.63. The molecule has 0 atom stereocenters. The van der Waals surface area contributed by atoms with E-state index in [1.807, 2.05) is 25.1 Å². The number of rotatable bonds is 2. The summed E-state index contributed by atoms with van der Waals surface area (Å²) >= 11 is 3.37. The van der Waals surface area contributed by atoms with E-state index in [9.17, 15) is 0 Å². The van der Waals surface area contributed by atoms with Crippen LogP contribution in [0.1, 0.15) is 5.82 Å². The lowest BCUT2D eigenvalue weighted by molar-refractivity contribution is 0.802. The molecule has 2 rings (SSSR count). The number of allylic oxidation sites excluding steroid dienone is 1. The number of nitrogens with zero attached hydrogens (tertiary/aromatic N) is 2. The Balaban J connectivity index is 2.62. The quantitative estimate of drug-likeness (QED) is 0.801. The zero-order chi connectivity index (χ0) is 10.1. The molecule has 0 fully saturated rings. The Morgan fingerprint density at radius 1 is 1.50 bits per heavy atom. The van der Waals surface area contributed by atoms with Crippen LogP contribution in [-0.4, -0.2) is 9.55 Å². The summed E-state index contributed by atoms with van der Waals surface area (Å²) in [5, 5.41) is 0. The molecule has 0 radical (unpaired) electrons. The van der Waals surface area contributed by atoms with Crippen LogP contribution < -0.4 is 0 Å². The van der Waals surface area contributed by atoms with E-state index >= 15 is 0 Å². The zero-order valence-corrected chi connectivity index (χ0v) is 9.58. The molecule has 3 heteroatoms. The van der Waals surface area contributed by atoms with Crippen LogP contribution >= 0.6 is 15.9 Å². The van der Waals surface area contributed by atoms with E-state index in [0.717, 1.165) is 27.9 Å². The Morgan fingerprint density at radius 2 is 2.21 bits per heavy atom. The molecule has 0 aliphatic rings. The standard InChI is InChI=1S/C11H11BrN2/c1-8(12)7-14-9(2)13-10-5-3-4-6-11(10)14/h3-6H,1,7H2,2H3. The molecule has 2 nitrogen and oxygen atoms in total. The van der Waals surface area contributed by atoms with Gasteiger partial charge in [-0.25, -0.2) is 4.98 Å². The third kappa shape index (κ3) is 1.60. The Kier molecular flexibility index (Phi) is 2.42. The van der Waals surface area contributed by atoms with Crippen molar-refractivity contribution < 1.29 is 0 Å². The van der Waals surface area contributed by atoms with Gasteiger partial charge in [-0.15, -0.1) is 0 Å². The highest BCUT2D eigenvalue weighted by Gasteiger charge is 2.05. The van der Waals surface area contributed by atoms with Crippen molar-refractivity contribution in [3.05, 3.63) is 41.2 Å². The molecule has 0 saturated carbocycles. The van der Waals surface area contributed by atoms with E-state index in [4.69, 9.17) is 0 Å². The van der Waals surface area contributed by atoms with Crippen LogP contribution in [0.3, 0.4) is 0 Å². The van der Waals surface area contributed by atoms with Gasteiger partial charge in [0, 0.05) is 4.48 Å². The smallest absolute Gasteiger partial charge is 0.107 e.